The quantitative estimate of drug-likeness (QED) is 0.398. The van der Waals surface area contributed by atoms with Crippen molar-refractivity contribution >= 4 is 5.97 Å². The highest BCUT2D eigenvalue weighted by atomic mass is 16.4. The number of aliphatic carboxylic acids is 1. The van der Waals surface area contributed by atoms with Crippen molar-refractivity contribution in [2.24, 2.45) is 46.3 Å². The van der Waals surface area contributed by atoms with Gasteiger partial charge in [0.05, 0.1) is 30.3 Å². The van der Waals surface area contributed by atoms with Gasteiger partial charge < -0.3 is 25.5 Å². The molecular weight excluding hydrogens is 420 g/mol. The monoisotopic (exact) mass is 464 g/mol. The van der Waals surface area contributed by atoms with E-state index in [-0.39, 0.29) is 47.8 Å². The molecule has 0 bridgehead atoms. The minimum atomic E-state index is -1.27. The minimum Gasteiger partial charge on any atom is -0.481 e. The Morgan fingerprint density at radius 1 is 1.06 bits per heavy atom. The van der Waals surface area contributed by atoms with Gasteiger partial charge in [0, 0.05) is 11.8 Å². The molecule has 4 aliphatic rings. The standard InChI is InChI=1S/C27H44O6/c1-15(11-23(31)32)5-6-16(2)20-13-21(29)24-18-12-22(30)27(33)14-17(28)7-10-26(27,4)19(18)8-9-25(20,24)3/h5-6,15-22,24,28-30,33H,7-14H2,1-4H3,(H,31,32). The number of aliphatic hydroxyl groups excluding tert-OH is 3. The van der Waals surface area contributed by atoms with Crippen molar-refractivity contribution < 1.29 is 30.3 Å². The minimum absolute atomic E-state index is 0.0246. The van der Waals surface area contributed by atoms with Crippen LogP contribution in [-0.4, -0.2) is 55.4 Å². The zero-order chi connectivity index (χ0) is 24.3. The SMILES string of the molecule is CC(C=CC(C)C1CC(O)C2C3CC(O)C4(O)CC(O)CCC4(C)C3CCC12C)CC(=O)O. The summed E-state index contributed by atoms with van der Waals surface area (Å²) in [7, 11) is 0. The molecule has 5 N–H and O–H groups in total. The Bertz CT molecular complexity index is 783. The number of allylic oxidation sites excluding steroid dienone is 2. The third-order valence-electron chi connectivity index (χ3n) is 10.8. The van der Waals surface area contributed by atoms with Crippen LogP contribution in [0.4, 0.5) is 0 Å². The Labute approximate surface area is 198 Å². The molecule has 0 saturated heterocycles. The molecule has 4 aliphatic carbocycles. The maximum atomic E-state index is 11.6. The molecule has 4 saturated carbocycles. The maximum Gasteiger partial charge on any atom is 0.303 e. The van der Waals surface area contributed by atoms with E-state index >= 15 is 0 Å². The number of carbonyl (C=O) groups is 1. The van der Waals surface area contributed by atoms with Gasteiger partial charge in [-0.3, -0.25) is 4.79 Å². The fraction of sp³-hybridized carbons (Fsp3) is 0.889. The topological polar surface area (TPSA) is 118 Å². The Hall–Kier alpha value is -0.950. The first-order chi connectivity index (χ1) is 15.3. The molecule has 0 aromatic heterocycles. The van der Waals surface area contributed by atoms with Crippen molar-refractivity contribution in [3.63, 3.8) is 0 Å². The fourth-order valence-electron chi connectivity index (χ4n) is 9.03. The van der Waals surface area contributed by atoms with E-state index in [0.717, 1.165) is 19.3 Å². The Kier molecular flexibility index (Phi) is 6.57. The van der Waals surface area contributed by atoms with E-state index in [4.69, 9.17) is 5.11 Å². The van der Waals surface area contributed by atoms with Crippen LogP contribution < -0.4 is 0 Å². The number of aliphatic hydroxyl groups is 4. The average Bonchev–Trinajstić information content (AvgIpc) is 2.99. The summed E-state index contributed by atoms with van der Waals surface area (Å²) in [4.78, 5) is 11.0. The van der Waals surface area contributed by atoms with Gasteiger partial charge >= 0.3 is 5.97 Å². The number of rotatable bonds is 5. The second-order valence-corrected chi connectivity index (χ2v) is 12.6. The molecule has 0 aromatic rings. The molecule has 4 fully saturated rings. The Balaban J connectivity index is 1.58. The summed E-state index contributed by atoms with van der Waals surface area (Å²) < 4.78 is 0. The molecule has 0 aromatic carbocycles. The summed E-state index contributed by atoms with van der Waals surface area (Å²) in [5.74, 6) is 0.174. The number of carboxylic acids is 1. The first-order valence-electron chi connectivity index (χ1n) is 13.0. The van der Waals surface area contributed by atoms with Crippen LogP contribution in [0.5, 0.6) is 0 Å². The van der Waals surface area contributed by atoms with Crippen molar-refractivity contribution in [1.82, 2.24) is 0 Å². The Morgan fingerprint density at radius 3 is 2.42 bits per heavy atom. The lowest BCUT2D eigenvalue weighted by atomic mass is 9.42. The molecule has 6 nitrogen and oxygen atoms in total. The zero-order valence-corrected chi connectivity index (χ0v) is 20.7. The van der Waals surface area contributed by atoms with Crippen molar-refractivity contribution in [3.8, 4) is 0 Å². The van der Waals surface area contributed by atoms with Gasteiger partial charge in [-0.15, -0.1) is 0 Å². The Morgan fingerprint density at radius 2 is 1.76 bits per heavy atom. The van der Waals surface area contributed by atoms with Crippen LogP contribution in [0.3, 0.4) is 0 Å². The third-order valence-corrected chi connectivity index (χ3v) is 10.8. The summed E-state index contributed by atoms with van der Waals surface area (Å²) in [6.07, 6.45) is 7.11. The molecule has 0 spiro atoms. The van der Waals surface area contributed by atoms with Gasteiger partial charge in [-0.1, -0.05) is 39.8 Å². The molecule has 4 rings (SSSR count). The lowest BCUT2D eigenvalue weighted by Crippen LogP contribution is -2.69. The van der Waals surface area contributed by atoms with Gasteiger partial charge in [0.15, 0.2) is 0 Å². The zero-order valence-electron chi connectivity index (χ0n) is 20.7. The van der Waals surface area contributed by atoms with Crippen LogP contribution in [0.25, 0.3) is 0 Å². The molecule has 188 valence electrons. The van der Waals surface area contributed by atoms with Crippen LogP contribution in [0.15, 0.2) is 12.2 Å². The highest BCUT2D eigenvalue weighted by molar-refractivity contribution is 5.67. The van der Waals surface area contributed by atoms with Gasteiger partial charge in [-0.25, -0.2) is 0 Å². The summed E-state index contributed by atoms with van der Waals surface area (Å²) >= 11 is 0. The number of hydrogen-bond donors (Lipinski definition) is 5. The maximum absolute atomic E-state index is 11.6. The van der Waals surface area contributed by atoms with E-state index in [1.165, 1.54) is 0 Å². The molecule has 12 unspecified atom stereocenters. The van der Waals surface area contributed by atoms with Crippen molar-refractivity contribution in [1.29, 1.82) is 0 Å². The second-order valence-electron chi connectivity index (χ2n) is 12.6. The average molecular weight is 465 g/mol. The molecule has 33 heavy (non-hydrogen) atoms. The van der Waals surface area contributed by atoms with Gasteiger partial charge in [-0.05, 0) is 79.4 Å². The summed E-state index contributed by atoms with van der Waals surface area (Å²) in [6, 6.07) is 0. The summed E-state index contributed by atoms with van der Waals surface area (Å²) in [5, 5.41) is 53.4. The van der Waals surface area contributed by atoms with Gasteiger partial charge in [-0.2, -0.15) is 0 Å². The molecule has 6 heteroatoms. The van der Waals surface area contributed by atoms with Crippen molar-refractivity contribution in [3.05, 3.63) is 12.2 Å². The van der Waals surface area contributed by atoms with Gasteiger partial charge in [0.1, 0.15) is 0 Å². The molecule has 0 aliphatic heterocycles. The highest BCUT2D eigenvalue weighted by Crippen LogP contribution is 2.69. The number of fused-ring (bicyclic) bond motifs is 5. The van der Waals surface area contributed by atoms with E-state index in [1.54, 1.807) is 0 Å². The van der Waals surface area contributed by atoms with Gasteiger partial charge in [0.25, 0.3) is 0 Å². The third kappa shape index (κ3) is 3.89. The normalized spacial score (nSPS) is 51.5. The molecule has 0 heterocycles. The summed E-state index contributed by atoms with van der Waals surface area (Å²) in [6.45, 7) is 8.51. The number of carboxylic acid groups (broad SMARTS) is 1. The van der Waals surface area contributed by atoms with Crippen LogP contribution in [0, 0.1) is 46.3 Å². The fourth-order valence-corrected chi connectivity index (χ4v) is 9.03. The van der Waals surface area contributed by atoms with Crippen molar-refractivity contribution in [2.75, 3.05) is 0 Å². The number of hydrogen-bond acceptors (Lipinski definition) is 5. The highest BCUT2D eigenvalue weighted by Gasteiger charge is 2.68. The molecule has 12 atom stereocenters. The lowest BCUT2D eigenvalue weighted by Gasteiger charge is -2.65. The molecule has 0 amide bonds. The van der Waals surface area contributed by atoms with Crippen LogP contribution in [0.1, 0.15) is 79.1 Å². The predicted molar refractivity (Wildman–Crippen MR) is 125 cm³/mol. The van der Waals surface area contributed by atoms with E-state index in [2.05, 4.69) is 26.8 Å². The molecular formula is C27H44O6. The van der Waals surface area contributed by atoms with Crippen LogP contribution in [-0.2, 0) is 4.79 Å². The summed E-state index contributed by atoms with van der Waals surface area (Å²) in [5.41, 5.74) is -1.77. The van der Waals surface area contributed by atoms with Gasteiger partial charge in [0.2, 0.25) is 0 Å². The van der Waals surface area contributed by atoms with E-state index in [9.17, 15) is 25.2 Å². The van der Waals surface area contributed by atoms with Crippen LogP contribution >= 0.6 is 0 Å². The van der Waals surface area contributed by atoms with E-state index in [1.807, 2.05) is 13.0 Å². The van der Waals surface area contributed by atoms with E-state index in [0.29, 0.717) is 25.2 Å². The first kappa shape index (κ1) is 25.2. The van der Waals surface area contributed by atoms with Crippen LogP contribution in [0.2, 0.25) is 0 Å². The van der Waals surface area contributed by atoms with Crippen molar-refractivity contribution in [2.45, 2.75) is 103 Å². The smallest absolute Gasteiger partial charge is 0.303 e. The lowest BCUT2D eigenvalue weighted by molar-refractivity contribution is -0.268. The second kappa shape index (κ2) is 8.61. The predicted octanol–water partition coefficient (Wildman–Crippen LogP) is 3.37. The van der Waals surface area contributed by atoms with E-state index < -0.39 is 35.3 Å². The largest absolute Gasteiger partial charge is 0.481 e. The molecule has 0 radical (unpaired) electrons. The first-order valence-corrected chi connectivity index (χ1v) is 13.0.